The van der Waals surface area contributed by atoms with E-state index < -0.39 is 5.60 Å². The molecule has 1 aliphatic heterocycles. The monoisotopic (exact) mass is 339 g/mol. The molecule has 128 valence electrons. The van der Waals surface area contributed by atoms with Gasteiger partial charge in [0.15, 0.2) is 0 Å². The molecule has 1 N–H and O–H groups in total. The molecule has 1 amide bonds. The molecule has 1 aromatic rings. The van der Waals surface area contributed by atoms with Gasteiger partial charge in [-0.05, 0) is 50.8 Å². The van der Waals surface area contributed by atoms with Gasteiger partial charge in [-0.3, -0.25) is 4.90 Å². The van der Waals surface area contributed by atoms with Crippen LogP contribution in [0.2, 0.25) is 5.15 Å². The number of piperidine rings is 1. The van der Waals surface area contributed by atoms with Gasteiger partial charge in [-0.2, -0.15) is 0 Å². The van der Waals surface area contributed by atoms with E-state index in [9.17, 15) is 4.79 Å². The third-order valence-electron chi connectivity index (χ3n) is 3.89. The molecule has 5 nitrogen and oxygen atoms in total. The summed E-state index contributed by atoms with van der Waals surface area (Å²) >= 11 is 5.93. The minimum Gasteiger partial charge on any atom is -0.444 e. The Bertz CT molecular complexity index is 545. The SMILES string of the molecule is CC1CN(Cc2ccnc(Cl)c2)CCC1NC(=O)OC(C)(C)C. The van der Waals surface area contributed by atoms with Crippen LogP contribution in [-0.2, 0) is 11.3 Å². The second-order valence-electron chi connectivity index (χ2n) is 7.24. The standard InChI is InChI=1S/C17H26ClN3O2/c1-12-10-21(11-13-5-7-19-15(18)9-13)8-6-14(12)20-16(22)23-17(2,3)4/h5,7,9,12,14H,6,8,10-11H2,1-4H3,(H,20,22). The molecule has 2 rings (SSSR count). The Morgan fingerprint density at radius 3 is 2.87 bits per heavy atom. The lowest BCUT2D eigenvalue weighted by Gasteiger charge is -2.37. The summed E-state index contributed by atoms with van der Waals surface area (Å²) in [5, 5.41) is 3.52. The van der Waals surface area contributed by atoms with E-state index in [0.29, 0.717) is 11.1 Å². The first-order chi connectivity index (χ1) is 10.7. The number of likely N-dealkylation sites (tertiary alicyclic amines) is 1. The minimum absolute atomic E-state index is 0.155. The number of halogens is 1. The lowest BCUT2D eigenvalue weighted by Crippen LogP contribution is -2.50. The maximum absolute atomic E-state index is 11.9. The van der Waals surface area contributed by atoms with Crippen molar-refractivity contribution in [3.63, 3.8) is 0 Å². The predicted molar refractivity (Wildman–Crippen MR) is 91.5 cm³/mol. The van der Waals surface area contributed by atoms with E-state index in [1.54, 1.807) is 6.20 Å². The number of aromatic nitrogens is 1. The lowest BCUT2D eigenvalue weighted by molar-refractivity contribution is 0.0439. The zero-order valence-corrected chi connectivity index (χ0v) is 15.1. The smallest absolute Gasteiger partial charge is 0.407 e. The Kier molecular flexibility index (Phi) is 5.87. The van der Waals surface area contributed by atoms with Gasteiger partial charge in [0.05, 0.1) is 0 Å². The molecule has 2 heterocycles. The predicted octanol–water partition coefficient (Wildman–Crippen LogP) is 3.47. The highest BCUT2D eigenvalue weighted by atomic mass is 35.5. The first-order valence-corrected chi connectivity index (χ1v) is 8.43. The maximum atomic E-state index is 11.9. The number of rotatable bonds is 3. The van der Waals surface area contributed by atoms with Gasteiger partial charge in [0, 0.05) is 31.9 Å². The molecular formula is C17H26ClN3O2. The second-order valence-corrected chi connectivity index (χ2v) is 7.63. The van der Waals surface area contributed by atoms with E-state index in [1.165, 1.54) is 0 Å². The van der Waals surface area contributed by atoms with Crippen molar-refractivity contribution in [2.75, 3.05) is 13.1 Å². The van der Waals surface area contributed by atoms with Crippen molar-refractivity contribution >= 4 is 17.7 Å². The van der Waals surface area contributed by atoms with Crippen molar-refractivity contribution in [2.45, 2.75) is 52.3 Å². The molecule has 0 bridgehead atoms. The summed E-state index contributed by atoms with van der Waals surface area (Å²) in [5.41, 5.74) is 0.699. The molecule has 1 aromatic heterocycles. The van der Waals surface area contributed by atoms with Crippen LogP contribution in [0.3, 0.4) is 0 Å². The highest BCUT2D eigenvalue weighted by Crippen LogP contribution is 2.20. The van der Waals surface area contributed by atoms with E-state index in [2.05, 4.69) is 22.1 Å². The minimum atomic E-state index is -0.464. The van der Waals surface area contributed by atoms with Crippen LogP contribution in [0.4, 0.5) is 4.79 Å². The highest BCUT2D eigenvalue weighted by Gasteiger charge is 2.28. The van der Waals surface area contributed by atoms with Gasteiger partial charge in [-0.15, -0.1) is 0 Å². The summed E-state index contributed by atoms with van der Waals surface area (Å²) in [6.45, 7) is 10.5. The van der Waals surface area contributed by atoms with Crippen LogP contribution in [0.1, 0.15) is 39.7 Å². The van der Waals surface area contributed by atoms with Crippen LogP contribution in [0.15, 0.2) is 18.3 Å². The van der Waals surface area contributed by atoms with Crippen LogP contribution < -0.4 is 5.32 Å². The molecule has 1 fully saturated rings. The Morgan fingerprint density at radius 2 is 2.26 bits per heavy atom. The Balaban J connectivity index is 1.84. The van der Waals surface area contributed by atoms with Gasteiger partial charge >= 0.3 is 6.09 Å². The maximum Gasteiger partial charge on any atom is 0.407 e. The van der Waals surface area contributed by atoms with Crippen LogP contribution in [-0.4, -0.2) is 40.7 Å². The van der Waals surface area contributed by atoms with E-state index in [1.807, 2.05) is 32.9 Å². The first kappa shape index (κ1) is 18.0. The van der Waals surface area contributed by atoms with Crippen molar-refractivity contribution in [1.82, 2.24) is 15.2 Å². The third kappa shape index (κ3) is 5.99. The van der Waals surface area contributed by atoms with Crippen LogP contribution in [0, 0.1) is 5.92 Å². The van der Waals surface area contributed by atoms with Gasteiger partial charge in [0.2, 0.25) is 0 Å². The first-order valence-electron chi connectivity index (χ1n) is 8.05. The zero-order chi connectivity index (χ0) is 17.0. The largest absolute Gasteiger partial charge is 0.444 e. The van der Waals surface area contributed by atoms with E-state index in [-0.39, 0.29) is 12.1 Å². The number of hydrogen-bond donors (Lipinski definition) is 1. The fourth-order valence-corrected chi connectivity index (χ4v) is 3.04. The molecule has 0 aliphatic carbocycles. The molecule has 1 saturated heterocycles. The third-order valence-corrected chi connectivity index (χ3v) is 4.10. The number of pyridine rings is 1. The Labute approximate surface area is 143 Å². The van der Waals surface area contributed by atoms with Gasteiger partial charge in [0.1, 0.15) is 10.8 Å². The summed E-state index contributed by atoms with van der Waals surface area (Å²) in [6, 6.07) is 4.04. The average molecular weight is 340 g/mol. The van der Waals surface area contributed by atoms with Gasteiger partial charge in [-0.25, -0.2) is 9.78 Å². The number of amides is 1. The summed E-state index contributed by atoms with van der Waals surface area (Å²) in [4.78, 5) is 18.3. The summed E-state index contributed by atoms with van der Waals surface area (Å²) in [5.74, 6) is 0.369. The van der Waals surface area contributed by atoms with Gasteiger partial charge in [0.25, 0.3) is 0 Å². The average Bonchev–Trinajstić information content (AvgIpc) is 2.40. The lowest BCUT2D eigenvalue weighted by atomic mass is 9.93. The molecule has 2 unspecified atom stereocenters. The molecule has 0 spiro atoms. The molecule has 0 aromatic carbocycles. The topological polar surface area (TPSA) is 54.5 Å². The van der Waals surface area contributed by atoms with E-state index >= 15 is 0 Å². The summed E-state index contributed by atoms with van der Waals surface area (Å²) < 4.78 is 5.34. The molecule has 2 atom stereocenters. The fourth-order valence-electron chi connectivity index (χ4n) is 2.85. The Hall–Kier alpha value is -1.33. The van der Waals surface area contributed by atoms with Crippen molar-refractivity contribution in [3.05, 3.63) is 29.0 Å². The van der Waals surface area contributed by atoms with Crippen molar-refractivity contribution in [1.29, 1.82) is 0 Å². The Morgan fingerprint density at radius 1 is 1.52 bits per heavy atom. The van der Waals surface area contributed by atoms with Crippen molar-refractivity contribution in [2.24, 2.45) is 5.92 Å². The molecular weight excluding hydrogens is 314 g/mol. The van der Waals surface area contributed by atoms with E-state index in [4.69, 9.17) is 16.3 Å². The highest BCUT2D eigenvalue weighted by molar-refractivity contribution is 6.29. The fraction of sp³-hybridized carbons (Fsp3) is 0.647. The molecule has 0 saturated carbocycles. The molecule has 23 heavy (non-hydrogen) atoms. The summed E-state index contributed by atoms with van der Waals surface area (Å²) in [7, 11) is 0. The van der Waals surface area contributed by atoms with E-state index in [0.717, 1.165) is 31.6 Å². The number of hydrogen-bond acceptors (Lipinski definition) is 4. The number of carbonyl (C=O) groups excluding carboxylic acids is 1. The normalized spacial score (nSPS) is 22.7. The quantitative estimate of drug-likeness (QED) is 0.857. The summed E-state index contributed by atoms with van der Waals surface area (Å²) in [6.07, 6.45) is 2.32. The van der Waals surface area contributed by atoms with Crippen LogP contribution >= 0.6 is 11.6 Å². The van der Waals surface area contributed by atoms with Crippen LogP contribution in [0.25, 0.3) is 0 Å². The number of nitrogens with one attached hydrogen (secondary N) is 1. The van der Waals surface area contributed by atoms with Gasteiger partial charge < -0.3 is 10.1 Å². The zero-order valence-electron chi connectivity index (χ0n) is 14.3. The molecule has 0 radical (unpaired) electrons. The van der Waals surface area contributed by atoms with Gasteiger partial charge in [-0.1, -0.05) is 18.5 Å². The number of alkyl carbamates (subject to hydrolysis) is 1. The van der Waals surface area contributed by atoms with Crippen molar-refractivity contribution in [3.8, 4) is 0 Å². The number of carbonyl (C=O) groups is 1. The number of nitrogens with zero attached hydrogens (tertiary/aromatic N) is 2. The molecule has 1 aliphatic rings. The second kappa shape index (κ2) is 7.49. The van der Waals surface area contributed by atoms with Crippen molar-refractivity contribution < 1.29 is 9.53 Å². The molecule has 6 heteroatoms. The number of ether oxygens (including phenoxy) is 1. The van der Waals surface area contributed by atoms with Crippen LogP contribution in [0.5, 0.6) is 0 Å².